The van der Waals surface area contributed by atoms with Gasteiger partial charge in [-0.2, -0.15) is 0 Å². The monoisotopic (exact) mass is 274 g/mol. The molecule has 0 spiro atoms. The van der Waals surface area contributed by atoms with Crippen molar-refractivity contribution < 1.29 is 5.11 Å². The molecule has 3 saturated carbocycles. The second kappa shape index (κ2) is 4.35. The lowest BCUT2D eigenvalue weighted by Crippen LogP contribution is -2.49. The fraction of sp³-hybridized carbons (Fsp3) is 0.895. The molecule has 0 saturated heterocycles. The number of rotatable bonds is 0. The first-order valence-electron chi connectivity index (χ1n) is 8.92. The van der Waals surface area contributed by atoms with Crippen LogP contribution < -0.4 is 0 Å². The van der Waals surface area contributed by atoms with Crippen molar-refractivity contribution in [3.8, 4) is 0 Å². The molecule has 0 amide bonds. The summed E-state index contributed by atoms with van der Waals surface area (Å²) in [4.78, 5) is 0. The van der Waals surface area contributed by atoms with E-state index in [9.17, 15) is 5.11 Å². The second-order valence-electron chi connectivity index (χ2n) is 8.72. The highest BCUT2D eigenvalue weighted by Gasteiger charge is 2.55. The highest BCUT2D eigenvalue weighted by Crippen LogP contribution is 2.65. The maximum atomic E-state index is 9.97. The van der Waals surface area contributed by atoms with Crippen LogP contribution in [0.5, 0.6) is 0 Å². The van der Waals surface area contributed by atoms with Gasteiger partial charge in [-0.3, -0.25) is 0 Å². The highest BCUT2D eigenvalue weighted by atomic mass is 16.3. The first kappa shape index (κ1) is 13.4. The van der Waals surface area contributed by atoms with Crippen molar-refractivity contribution in [2.75, 3.05) is 0 Å². The van der Waals surface area contributed by atoms with Crippen molar-refractivity contribution in [3.05, 3.63) is 11.6 Å². The van der Waals surface area contributed by atoms with E-state index in [0.29, 0.717) is 10.8 Å². The van der Waals surface area contributed by atoms with E-state index in [1.807, 2.05) is 0 Å². The Bertz CT molecular complexity index is 439. The van der Waals surface area contributed by atoms with Crippen LogP contribution in [0.25, 0.3) is 0 Å². The highest BCUT2D eigenvalue weighted by molar-refractivity contribution is 5.25. The minimum absolute atomic E-state index is 0.157. The number of hydrogen-bond donors (Lipinski definition) is 1. The Labute approximate surface area is 123 Å². The first-order chi connectivity index (χ1) is 9.53. The van der Waals surface area contributed by atoms with Crippen molar-refractivity contribution >= 4 is 0 Å². The molecule has 1 nitrogen and oxygen atoms in total. The van der Waals surface area contributed by atoms with Gasteiger partial charge in [-0.1, -0.05) is 31.9 Å². The summed E-state index contributed by atoms with van der Waals surface area (Å²) in [7, 11) is 0. The van der Waals surface area contributed by atoms with Crippen molar-refractivity contribution in [2.24, 2.45) is 28.6 Å². The van der Waals surface area contributed by atoms with Gasteiger partial charge in [0.15, 0.2) is 0 Å². The molecule has 0 heterocycles. The van der Waals surface area contributed by atoms with Crippen molar-refractivity contribution in [1.29, 1.82) is 0 Å². The van der Waals surface area contributed by atoms with Crippen LogP contribution in [0, 0.1) is 28.6 Å². The lowest BCUT2D eigenvalue weighted by atomic mass is 9.47. The molecule has 0 aliphatic heterocycles. The molecule has 0 aromatic heterocycles. The molecule has 1 N–H and O–H groups in total. The predicted molar refractivity (Wildman–Crippen MR) is 82.3 cm³/mol. The van der Waals surface area contributed by atoms with E-state index >= 15 is 0 Å². The number of fused-ring (bicyclic) bond motifs is 5. The Morgan fingerprint density at radius 1 is 1.00 bits per heavy atom. The Morgan fingerprint density at radius 2 is 1.85 bits per heavy atom. The van der Waals surface area contributed by atoms with Crippen molar-refractivity contribution in [1.82, 2.24) is 0 Å². The van der Waals surface area contributed by atoms with Crippen molar-refractivity contribution in [2.45, 2.75) is 77.7 Å². The number of allylic oxidation sites excluding steroid dienone is 1. The molecule has 3 unspecified atom stereocenters. The normalized spacial score (nSPS) is 54.6. The standard InChI is InChI=1S/C19H30O/c1-18-9-3-4-16(18)15-6-5-13-12-14(20)7-11-19(13,2)17(15)8-10-18/h12,14-17,20H,3-11H2,1-2H3/t14-,15?,16?,17?,18+,19+/m1/s1. The maximum absolute atomic E-state index is 9.97. The van der Waals surface area contributed by atoms with E-state index in [-0.39, 0.29) is 6.10 Å². The summed E-state index contributed by atoms with van der Waals surface area (Å²) in [6, 6.07) is 0. The van der Waals surface area contributed by atoms with E-state index in [0.717, 1.165) is 24.2 Å². The molecule has 20 heavy (non-hydrogen) atoms. The smallest absolute Gasteiger partial charge is 0.0724 e. The minimum Gasteiger partial charge on any atom is -0.389 e. The zero-order valence-corrected chi connectivity index (χ0v) is 13.2. The van der Waals surface area contributed by atoms with Gasteiger partial charge < -0.3 is 5.11 Å². The minimum atomic E-state index is -0.157. The van der Waals surface area contributed by atoms with E-state index in [1.165, 1.54) is 51.4 Å². The molecule has 3 fully saturated rings. The summed E-state index contributed by atoms with van der Waals surface area (Å²) < 4.78 is 0. The van der Waals surface area contributed by atoms with Crippen LogP contribution in [-0.2, 0) is 0 Å². The third kappa shape index (κ3) is 1.71. The summed E-state index contributed by atoms with van der Waals surface area (Å²) in [6.45, 7) is 5.11. The number of aliphatic hydroxyl groups excluding tert-OH is 1. The zero-order valence-electron chi connectivity index (χ0n) is 13.2. The average Bonchev–Trinajstić information content (AvgIpc) is 2.81. The first-order valence-corrected chi connectivity index (χ1v) is 8.92. The van der Waals surface area contributed by atoms with E-state index < -0.39 is 0 Å². The molecule has 6 atom stereocenters. The summed E-state index contributed by atoms with van der Waals surface area (Å²) in [5, 5.41) is 9.97. The van der Waals surface area contributed by atoms with Gasteiger partial charge in [0.2, 0.25) is 0 Å². The molecular formula is C19H30O. The molecule has 0 radical (unpaired) electrons. The topological polar surface area (TPSA) is 20.2 Å². The van der Waals surface area contributed by atoms with Gasteiger partial charge in [-0.15, -0.1) is 0 Å². The van der Waals surface area contributed by atoms with Crippen LogP contribution in [0.2, 0.25) is 0 Å². The molecule has 4 rings (SSSR count). The van der Waals surface area contributed by atoms with Gasteiger partial charge in [0, 0.05) is 0 Å². The summed E-state index contributed by atoms with van der Waals surface area (Å²) in [5.41, 5.74) is 2.71. The molecule has 1 heteroatoms. The summed E-state index contributed by atoms with van der Waals surface area (Å²) >= 11 is 0. The molecule has 4 aliphatic carbocycles. The van der Waals surface area contributed by atoms with Gasteiger partial charge in [0.05, 0.1) is 6.10 Å². The van der Waals surface area contributed by atoms with E-state index in [1.54, 1.807) is 5.57 Å². The number of hydrogen-bond acceptors (Lipinski definition) is 1. The van der Waals surface area contributed by atoms with Gasteiger partial charge >= 0.3 is 0 Å². The Hall–Kier alpha value is -0.300. The molecular weight excluding hydrogens is 244 g/mol. The summed E-state index contributed by atoms with van der Waals surface area (Å²) in [6.07, 6.45) is 14.3. The van der Waals surface area contributed by atoms with Gasteiger partial charge in [-0.25, -0.2) is 0 Å². The zero-order chi connectivity index (χ0) is 14.0. The third-order valence-corrected chi connectivity index (χ3v) is 7.87. The van der Waals surface area contributed by atoms with Crippen LogP contribution in [0.15, 0.2) is 11.6 Å². The van der Waals surface area contributed by atoms with E-state index in [2.05, 4.69) is 19.9 Å². The fourth-order valence-electron chi connectivity index (χ4n) is 6.70. The van der Waals surface area contributed by atoms with Crippen LogP contribution >= 0.6 is 0 Å². The maximum Gasteiger partial charge on any atom is 0.0724 e. The predicted octanol–water partition coefficient (Wildman–Crippen LogP) is 4.70. The largest absolute Gasteiger partial charge is 0.389 e. The van der Waals surface area contributed by atoms with Crippen LogP contribution in [-0.4, -0.2) is 11.2 Å². The van der Waals surface area contributed by atoms with Crippen LogP contribution in [0.3, 0.4) is 0 Å². The fourth-order valence-corrected chi connectivity index (χ4v) is 6.70. The molecule has 0 bridgehead atoms. The molecule has 4 aliphatic rings. The SMILES string of the molecule is C[C@@]12CCCC1C1CCC3=C[C@H](O)CC[C@]3(C)C1CC2. The number of aliphatic hydroxyl groups is 1. The molecule has 0 aromatic carbocycles. The lowest BCUT2D eigenvalue weighted by Gasteiger charge is -2.57. The van der Waals surface area contributed by atoms with Gasteiger partial charge in [-0.05, 0) is 80.0 Å². The summed E-state index contributed by atoms with van der Waals surface area (Å²) in [5.74, 6) is 2.89. The third-order valence-electron chi connectivity index (χ3n) is 7.87. The van der Waals surface area contributed by atoms with Gasteiger partial charge in [0.25, 0.3) is 0 Å². The lowest BCUT2D eigenvalue weighted by molar-refractivity contribution is -0.0411. The Balaban J connectivity index is 1.68. The molecule has 112 valence electrons. The quantitative estimate of drug-likeness (QED) is 0.635. The Kier molecular flexibility index (Phi) is 2.91. The van der Waals surface area contributed by atoms with Crippen LogP contribution in [0.1, 0.15) is 71.6 Å². The van der Waals surface area contributed by atoms with E-state index in [4.69, 9.17) is 0 Å². The van der Waals surface area contributed by atoms with Crippen molar-refractivity contribution in [3.63, 3.8) is 0 Å². The molecule has 0 aromatic rings. The second-order valence-corrected chi connectivity index (χ2v) is 8.72. The Morgan fingerprint density at radius 3 is 2.70 bits per heavy atom. The van der Waals surface area contributed by atoms with Gasteiger partial charge in [0.1, 0.15) is 0 Å². The van der Waals surface area contributed by atoms with Crippen LogP contribution in [0.4, 0.5) is 0 Å². The average molecular weight is 274 g/mol.